The topological polar surface area (TPSA) is 157 Å². The lowest BCUT2D eigenvalue weighted by Gasteiger charge is -2.36. The largest absolute Gasteiger partial charge is 0.453 e. The minimum atomic E-state index is -0.494. The quantitative estimate of drug-likeness (QED) is 0.177. The fourth-order valence-electron chi connectivity index (χ4n) is 15.8. The summed E-state index contributed by atoms with van der Waals surface area (Å²) < 4.78 is 10.2. The standard InChI is InChI=1S/C65H80N8O6/c1-6-41-19-20-46-30-32-65(3,58(46)45-27-25-44(26-28-45)51-39-67-60(69-51)57-37-48-14-8-10-16-53(48)73(57)62(75)55-18-12-34-71(55)64(77)79-5)31-29-40(2)49(35-41)42-21-23-43(24-22-42)50-38-66-59(68-50)56-36-47-13-7-9-15-52(47)72(56)61(74)54-17-11-33-70(54)63(76)78-4/h6,21-28,30,32,35,38-40,47-48,52-57H,7-20,29,31,33-34,36-37H2,1-5H3,(H,66,68)(H,67,69)/b41-6-,49-35+/t40-,47+,48+,52+,53+,54+,55+,56+,57+,65-/m1/s1. The number of aromatic amines is 2. The first-order chi connectivity index (χ1) is 38.4. The first kappa shape index (κ1) is 53.0. The van der Waals surface area contributed by atoms with Crippen molar-refractivity contribution >= 4 is 35.1 Å². The zero-order valence-corrected chi connectivity index (χ0v) is 47.1. The molecule has 4 aliphatic carbocycles. The molecule has 4 amide bonds. The van der Waals surface area contributed by atoms with Crippen LogP contribution in [0.2, 0.25) is 0 Å². The Kier molecular flexibility index (Phi) is 14.8. The number of aromatic nitrogens is 4. The van der Waals surface area contributed by atoms with Crippen molar-refractivity contribution in [3.63, 3.8) is 0 Å². The molecule has 14 nitrogen and oxygen atoms in total. The zero-order valence-electron chi connectivity index (χ0n) is 47.1. The molecule has 6 heterocycles. The molecule has 4 saturated heterocycles. The Morgan fingerprint density at radius 3 is 1.63 bits per heavy atom. The number of hydrogen-bond donors (Lipinski definition) is 2. The summed E-state index contributed by atoms with van der Waals surface area (Å²) in [5.74, 6) is 2.88. The average molecular weight is 1070 g/mol. The molecule has 2 bridgehead atoms. The average Bonchev–Trinajstić information content (AvgIpc) is 4.53. The number of H-pyrrole nitrogens is 2. The highest BCUT2D eigenvalue weighted by atomic mass is 16.5. The van der Waals surface area contributed by atoms with Crippen molar-refractivity contribution in [3.8, 4) is 22.5 Å². The van der Waals surface area contributed by atoms with E-state index in [1.165, 1.54) is 60.5 Å². The highest BCUT2D eigenvalue weighted by Gasteiger charge is 2.52. The molecule has 10 atom stereocenters. The first-order valence-electron chi connectivity index (χ1n) is 29.9. The summed E-state index contributed by atoms with van der Waals surface area (Å²) in [6, 6.07) is 17.0. The van der Waals surface area contributed by atoms with Gasteiger partial charge in [0.15, 0.2) is 0 Å². The second-order valence-corrected chi connectivity index (χ2v) is 24.4. The number of fused-ring (bicyclic) bond motifs is 3. The van der Waals surface area contributed by atoms with Crippen LogP contribution in [0.5, 0.6) is 0 Å². The molecular formula is C65H80N8O6. The van der Waals surface area contributed by atoms with E-state index in [1.54, 1.807) is 9.80 Å². The van der Waals surface area contributed by atoms with E-state index in [-0.39, 0.29) is 41.4 Å². The summed E-state index contributed by atoms with van der Waals surface area (Å²) in [5, 5.41) is 0. The summed E-state index contributed by atoms with van der Waals surface area (Å²) in [6.07, 6.45) is 30.0. The van der Waals surface area contributed by atoms with Gasteiger partial charge in [0.25, 0.3) is 0 Å². The lowest BCUT2D eigenvalue weighted by atomic mass is 9.74. The second-order valence-electron chi connectivity index (χ2n) is 24.4. The van der Waals surface area contributed by atoms with E-state index < -0.39 is 24.3 Å². The minimum Gasteiger partial charge on any atom is -0.453 e. The fraction of sp³-hybridized carbons (Fsp3) is 0.538. The van der Waals surface area contributed by atoms with Gasteiger partial charge in [0.2, 0.25) is 11.8 Å². The second kappa shape index (κ2) is 22.1. The summed E-state index contributed by atoms with van der Waals surface area (Å²) >= 11 is 0. The number of amides is 4. The van der Waals surface area contributed by atoms with Gasteiger partial charge in [-0.3, -0.25) is 19.4 Å². The van der Waals surface area contributed by atoms with Gasteiger partial charge < -0.3 is 29.2 Å². The predicted octanol–water partition coefficient (Wildman–Crippen LogP) is 13.2. The Morgan fingerprint density at radius 1 is 0.633 bits per heavy atom. The Hall–Kier alpha value is -6.70. The van der Waals surface area contributed by atoms with Crippen LogP contribution in [-0.4, -0.2) is 115 Å². The van der Waals surface area contributed by atoms with Crippen LogP contribution in [0.1, 0.15) is 171 Å². The van der Waals surface area contributed by atoms with Crippen LogP contribution < -0.4 is 0 Å². The first-order valence-corrected chi connectivity index (χ1v) is 29.9. The molecule has 2 aromatic heterocycles. The van der Waals surface area contributed by atoms with Crippen LogP contribution in [-0.2, 0) is 19.1 Å². The summed E-state index contributed by atoms with van der Waals surface area (Å²) in [7, 11) is 2.79. The highest BCUT2D eigenvalue weighted by Crippen LogP contribution is 2.52. The molecule has 4 aromatic rings. The number of methoxy groups -OCH3 is 2. The van der Waals surface area contributed by atoms with Gasteiger partial charge in [-0.2, -0.15) is 0 Å². The van der Waals surface area contributed by atoms with Crippen LogP contribution in [0, 0.1) is 23.2 Å². The van der Waals surface area contributed by atoms with Gasteiger partial charge in [-0.25, -0.2) is 19.6 Å². The van der Waals surface area contributed by atoms with Crippen LogP contribution in [0.3, 0.4) is 0 Å². The molecule has 6 fully saturated rings. The van der Waals surface area contributed by atoms with E-state index in [0.717, 1.165) is 124 Å². The maximum Gasteiger partial charge on any atom is 0.410 e. The molecular weight excluding hydrogens is 989 g/mol. The van der Waals surface area contributed by atoms with E-state index in [9.17, 15) is 19.2 Å². The molecule has 12 rings (SSSR count). The lowest BCUT2D eigenvalue weighted by Crippen LogP contribution is -2.51. The summed E-state index contributed by atoms with van der Waals surface area (Å²) in [5.41, 5.74) is 11.8. The number of carbonyl (C=O) groups is 4. The number of rotatable bonds is 8. The van der Waals surface area contributed by atoms with Crippen molar-refractivity contribution in [3.05, 3.63) is 119 Å². The lowest BCUT2D eigenvalue weighted by molar-refractivity contribution is -0.140. The van der Waals surface area contributed by atoms with E-state index in [4.69, 9.17) is 19.4 Å². The maximum absolute atomic E-state index is 14.5. The third-order valence-corrected chi connectivity index (χ3v) is 20.0. The monoisotopic (exact) mass is 1070 g/mol. The normalized spacial score (nSPS) is 31.0. The number of benzene rings is 2. The third kappa shape index (κ3) is 9.87. The van der Waals surface area contributed by atoms with Crippen molar-refractivity contribution in [2.24, 2.45) is 23.2 Å². The molecule has 2 aromatic carbocycles. The molecule has 2 N–H and O–H groups in total. The van der Waals surface area contributed by atoms with Crippen LogP contribution in [0.4, 0.5) is 9.59 Å². The van der Waals surface area contributed by atoms with E-state index in [0.29, 0.717) is 43.7 Å². The molecule has 0 radical (unpaired) electrons. The molecule has 0 spiro atoms. The molecule has 2 saturated carbocycles. The van der Waals surface area contributed by atoms with Gasteiger partial charge in [-0.05, 0) is 154 Å². The van der Waals surface area contributed by atoms with Gasteiger partial charge in [0, 0.05) is 30.6 Å². The van der Waals surface area contributed by atoms with Crippen molar-refractivity contribution in [2.45, 2.75) is 173 Å². The molecule has 14 heteroatoms. The van der Waals surface area contributed by atoms with Crippen molar-refractivity contribution < 1.29 is 28.7 Å². The highest BCUT2D eigenvalue weighted by molar-refractivity contribution is 5.88. The Balaban J connectivity index is 0.740. The van der Waals surface area contributed by atoms with E-state index >= 15 is 0 Å². The number of nitrogens with one attached hydrogen (secondary N) is 2. The van der Waals surface area contributed by atoms with Crippen LogP contribution in [0.25, 0.3) is 33.7 Å². The van der Waals surface area contributed by atoms with Gasteiger partial charge in [-0.15, -0.1) is 0 Å². The predicted molar refractivity (Wildman–Crippen MR) is 306 cm³/mol. The molecule has 8 aliphatic rings. The molecule has 416 valence electrons. The van der Waals surface area contributed by atoms with Crippen molar-refractivity contribution in [1.29, 1.82) is 0 Å². The maximum atomic E-state index is 14.5. The Labute approximate surface area is 466 Å². The molecule has 4 aliphatic heterocycles. The molecule has 0 unspecified atom stereocenters. The van der Waals surface area contributed by atoms with E-state index in [1.807, 2.05) is 12.4 Å². The van der Waals surface area contributed by atoms with Gasteiger partial charge in [0.1, 0.15) is 23.7 Å². The Morgan fingerprint density at radius 2 is 1.13 bits per heavy atom. The van der Waals surface area contributed by atoms with E-state index in [2.05, 4.69) is 113 Å². The Bertz CT molecular complexity index is 3080. The summed E-state index contributed by atoms with van der Waals surface area (Å²) in [6.45, 7) is 8.05. The smallest absolute Gasteiger partial charge is 0.410 e. The van der Waals surface area contributed by atoms with Gasteiger partial charge in [0.05, 0.1) is 50.1 Å². The van der Waals surface area contributed by atoms with Crippen molar-refractivity contribution in [1.82, 2.24) is 39.5 Å². The van der Waals surface area contributed by atoms with Gasteiger partial charge in [-0.1, -0.05) is 118 Å². The summed E-state index contributed by atoms with van der Waals surface area (Å²) in [4.78, 5) is 79.2. The number of ether oxygens (including phenoxy) is 2. The number of imidazole rings is 2. The SMILES string of the molecule is C/C=C1\C=C(\c2ccc(-c3cnc([C@@H]4C[C@@H]5CCCC[C@@H]5N4C(=O)[C@@H]4CCCN4C(=O)OC)[nH]3)cc2)[C@H](C)CC[C@]2(C)C=CC(=C2c2ccc(-c3cnc([C@@H]4C[C@@H]5CCCC[C@@H]5N4C(=O)[C@@H]4CCCN4C(=O)OC)[nH]3)cc2)CC1. The number of carbonyl (C=O) groups excluding carboxylic acids is 4. The number of hydrogen-bond acceptors (Lipinski definition) is 8. The zero-order chi connectivity index (χ0) is 54.5. The van der Waals surface area contributed by atoms with Crippen LogP contribution >= 0.6 is 0 Å². The minimum absolute atomic E-state index is 0.0336. The number of likely N-dealkylation sites (tertiary alicyclic amines) is 4. The number of nitrogens with zero attached hydrogens (tertiary/aromatic N) is 6. The van der Waals surface area contributed by atoms with Crippen LogP contribution in [0.15, 0.2) is 96.4 Å². The number of allylic oxidation sites excluding steroid dienone is 8. The third-order valence-electron chi connectivity index (χ3n) is 20.0. The van der Waals surface area contributed by atoms with Gasteiger partial charge >= 0.3 is 12.2 Å². The fourth-order valence-corrected chi connectivity index (χ4v) is 15.8. The molecule has 79 heavy (non-hydrogen) atoms. The van der Waals surface area contributed by atoms with Crippen molar-refractivity contribution in [2.75, 3.05) is 27.3 Å².